The molecule has 2 aromatic heterocycles. The predicted molar refractivity (Wildman–Crippen MR) is 327 cm³/mol. The molecule has 0 bridgehead atoms. The fourth-order valence-corrected chi connectivity index (χ4v) is 16.3. The highest BCUT2D eigenvalue weighted by Crippen LogP contribution is 2.71. The van der Waals surface area contributed by atoms with Gasteiger partial charge in [0.15, 0.2) is 11.6 Å². The number of hydrogen-bond acceptors (Lipinski definition) is 10. The van der Waals surface area contributed by atoms with E-state index in [1.807, 2.05) is 26.4 Å². The van der Waals surface area contributed by atoms with Crippen LogP contribution in [0.1, 0.15) is 220 Å². The largest absolute Gasteiger partial charge is 0.496 e. The Morgan fingerprint density at radius 3 is 1.14 bits per heavy atom. The summed E-state index contributed by atoms with van der Waals surface area (Å²) in [7, 11) is 3.63. The number of Topliss-reactive ketones (excluding diaryl/α,β-unsaturated/α-hetero) is 2. The molecule has 5 aromatic rings. The summed E-state index contributed by atoms with van der Waals surface area (Å²) >= 11 is 16.2. The Kier molecular flexibility index (Phi) is 18.3. The lowest BCUT2D eigenvalue weighted by atomic mass is 9.67. The van der Waals surface area contributed by atoms with Crippen LogP contribution in [0.2, 0.25) is 10.0 Å². The zero-order valence-corrected chi connectivity index (χ0v) is 50.1. The van der Waals surface area contributed by atoms with Gasteiger partial charge in [0.25, 0.3) is 0 Å². The average Bonchev–Trinajstić information content (AvgIpc) is 3.35. The van der Waals surface area contributed by atoms with Crippen LogP contribution in [-0.2, 0) is 10.8 Å². The van der Waals surface area contributed by atoms with Gasteiger partial charge in [0, 0.05) is 96.1 Å². The second-order valence-corrected chi connectivity index (χ2v) is 24.9. The highest BCUT2D eigenvalue weighted by atomic mass is 35.5. The van der Waals surface area contributed by atoms with Gasteiger partial charge in [-0.15, -0.1) is 22.7 Å². The van der Waals surface area contributed by atoms with Crippen LogP contribution in [-0.4, -0.2) is 25.8 Å². The average molecular weight is 1140 g/mol. The minimum Gasteiger partial charge on any atom is -0.496 e. The summed E-state index contributed by atoms with van der Waals surface area (Å²) < 4.78 is 14.1. The molecule has 0 aliphatic heterocycles. The maximum atomic E-state index is 14.5. The molecule has 2 heterocycles. The van der Waals surface area contributed by atoms with Crippen LogP contribution in [0.5, 0.6) is 11.5 Å². The molecule has 0 saturated carbocycles. The van der Waals surface area contributed by atoms with Crippen molar-refractivity contribution in [3.05, 3.63) is 135 Å². The minimum atomic E-state index is -0.518. The Hall–Kier alpha value is -6.50. The van der Waals surface area contributed by atoms with Crippen molar-refractivity contribution >= 4 is 80.7 Å². The number of halogens is 2. The lowest BCUT2D eigenvalue weighted by molar-refractivity contribution is 0.103. The number of ether oxygens (including phenoxy) is 2. The molecular formula is C68H68Cl2N4O4S2. The Morgan fingerprint density at radius 2 is 0.838 bits per heavy atom. The van der Waals surface area contributed by atoms with Gasteiger partial charge >= 0.3 is 0 Å². The third-order valence-electron chi connectivity index (χ3n) is 17.1. The predicted octanol–water partition coefficient (Wildman–Crippen LogP) is 19.7. The summed E-state index contributed by atoms with van der Waals surface area (Å²) in [6.07, 6.45) is 24.2. The Balaban J connectivity index is 1.36. The number of fused-ring (bicyclic) bond motifs is 8. The van der Waals surface area contributed by atoms with Gasteiger partial charge in [0.05, 0.1) is 14.2 Å². The summed E-state index contributed by atoms with van der Waals surface area (Å²) in [4.78, 5) is 32.9. The van der Waals surface area contributed by atoms with Gasteiger partial charge in [-0.3, -0.25) is 9.59 Å². The van der Waals surface area contributed by atoms with Crippen LogP contribution < -0.4 is 9.47 Å². The number of hydrogen-bond donors (Lipinski definition) is 0. The highest BCUT2D eigenvalue weighted by molar-refractivity contribution is 7.17. The molecular weight excluding hydrogens is 1070 g/mol. The number of ketones is 2. The van der Waals surface area contributed by atoms with E-state index in [1.165, 1.54) is 11.1 Å². The van der Waals surface area contributed by atoms with Gasteiger partial charge in [-0.25, -0.2) is 0 Å². The van der Waals surface area contributed by atoms with E-state index >= 15 is 0 Å². The minimum absolute atomic E-state index is 0.125. The number of nitriles is 4. The van der Waals surface area contributed by atoms with Crippen LogP contribution in [0, 0.1) is 45.3 Å². The van der Waals surface area contributed by atoms with Gasteiger partial charge in [-0.2, -0.15) is 21.0 Å². The van der Waals surface area contributed by atoms with Crippen LogP contribution >= 0.6 is 45.9 Å². The third kappa shape index (κ3) is 10.1. The molecule has 4 aliphatic rings. The summed E-state index contributed by atoms with van der Waals surface area (Å²) in [5.74, 6) is 1.15. The number of nitrogens with zero attached hydrogens (tertiary/aromatic N) is 4. The van der Waals surface area contributed by atoms with Crippen LogP contribution in [0.15, 0.2) is 70.8 Å². The van der Waals surface area contributed by atoms with Crippen molar-refractivity contribution in [3.8, 4) is 56.7 Å². The molecule has 0 spiro atoms. The van der Waals surface area contributed by atoms with Crippen LogP contribution in [0.4, 0.5) is 0 Å². The molecule has 3 aromatic carbocycles. The van der Waals surface area contributed by atoms with E-state index in [9.17, 15) is 30.6 Å². The normalized spacial score (nSPS) is 15.7. The zero-order valence-electron chi connectivity index (χ0n) is 46.9. The summed E-state index contributed by atoms with van der Waals surface area (Å²) in [6, 6.07) is 23.0. The SMILES string of the molecule is CCCCCCC1(CCCCCC)c2cc(/C=C3\C(=O)c4cc(Cl)ccc4C3=C(C#N)C#N)sc2-c2c(OC)c3c(c(OC)c21)-c1sc(/C=C2\C(=O)c4cc(Cl)ccc4C2=C(C#N)C#N)cc1C3(CCCCCC)CCCCCC. The number of benzene rings is 3. The Bertz CT molecular complexity index is 3320. The Labute approximate surface area is 490 Å². The van der Waals surface area contributed by atoms with Crippen molar-refractivity contribution in [1.82, 2.24) is 0 Å². The number of unbranched alkanes of at least 4 members (excludes halogenated alkanes) is 12. The van der Waals surface area contributed by atoms with Gasteiger partial charge < -0.3 is 9.47 Å². The number of methoxy groups -OCH3 is 2. The topological polar surface area (TPSA) is 148 Å². The molecule has 0 amide bonds. The maximum absolute atomic E-state index is 14.5. The number of carbonyl (C=O) groups is 2. The van der Waals surface area contributed by atoms with E-state index in [-0.39, 0.29) is 22.7 Å². The molecule has 4 aliphatic carbocycles. The van der Waals surface area contributed by atoms with Crippen molar-refractivity contribution in [2.24, 2.45) is 0 Å². The molecule has 0 radical (unpaired) electrons. The smallest absolute Gasteiger partial charge is 0.194 e. The van der Waals surface area contributed by atoms with E-state index in [1.54, 1.807) is 59.1 Å². The lowest BCUT2D eigenvalue weighted by Gasteiger charge is -2.37. The second kappa shape index (κ2) is 25.1. The van der Waals surface area contributed by atoms with Crippen LogP contribution in [0.25, 0.3) is 44.2 Å². The van der Waals surface area contributed by atoms with Gasteiger partial charge in [0.2, 0.25) is 0 Å². The first-order valence-electron chi connectivity index (χ1n) is 28.7. The number of allylic oxidation sites excluding steroid dienone is 6. The highest BCUT2D eigenvalue weighted by Gasteiger charge is 2.55. The quantitative estimate of drug-likeness (QED) is 0.0337. The van der Waals surface area contributed by atoms with E-state index in [0.29, 0.717) is 54.6 Å². The fraction of sp³-hybridized carbons (Fsp3) is 0.412. The van der Waals surface area contributed by atoms with E-state index in [4.69, 9.17) is 32.7 Å². The molecule has 0 atom stereocenters. The third-order valence-corrected chi connectivity index (χ3v) is 19.8. The van der Waals surface area contributed by atoms with Crippen LogP contribution in [0.3, 0.4) is 0 Å². The van der Waals surface area contributed by atoms with Crippen molar-refractivity contribution in [3.63, 3.8) is 0 Å². The van der Waals surface area contributed by atoms with E-state index < -0.39 is 10.8 Å². The molecule has 12 heteroatoms. The number of thiophene rings is 2. The monoisotopic (exact) mass is 1140 g/mol. The second-order valence-electron chi connectivity index (χ2n) is 21.9. The first kappa shape index (κ1) is 58.2. The molecule has 8 nitrogen and oxygen atoms in total. The molecule has 0 unspecified atom stereocenters. The fourth-order valence-electron chi connectivity index (χ4n) is 13.5. The lowest BCUT2D eigenvalue weighted by Crippen LogP contribution is -2.28. The molecule has 9 rings (SSSR count). The summed E-state index contributed by atoms with van der Waals surface area (Å²) in [6.45, 7) is 8.95. The van der Waals surface area contributed by atoms with Crippen molar-refractivity contribution < 1.29 is 19.1 Å². The van der Waals surface area contributed by atoms with Gasteiger partial charge in [0.1, 0.15) is 46.9 Å². The molecule has 80 heavy (non-hydrogen) atoms. The van der Waals surface area contributed by atoms with Gasteiger partial charge in [-0.1, -0.05) is 166 Å². The number of carbonyl (C=O) groups excluding carboxylic acids is 2. The summed E-state index contributed by atoms with van der Waals surface area (Å²) in [5.41, 5.74) is 8.52. The molecule has 0 saturated heterocycles. The van der Waals surface area contributed by atoms with Crippen molar-refractivity contribution in [1.29, 1.82) is 21.0 Å². The first-order valence-corrected chi connectivity index (χ1v) is 31.1. The van der Waals surface area contributed by atoms with Gasteiger partial charge in [-0.05, 0) is 96.5 Å². The zero-order chi connectivity index (χ0) is 56.9. The van der Waals surface area contributed by atoms with E-state index in [0.717, 1.165) is 182 Å². The standard InChI is InChI=1S/C68H68Cl2N4O4S2/c1-7-11-15-19-27-67(28-20-16-12-8-2)53-35-45(33-51-55(41(37-71)38-72)47-25-23-43(69)31-49(47)61(51)75)79-65(53)57-59(67)63(77-5)58-60(64(57)78-6)68(29-21-17-13-9-3,30-22-18-14-10-4)54-36-46(80-66(54)58)34-52-56(42(39-73)40-74)48-26-24-44(70)32-50(48)62(52)76/h23-26,31-36H,7-22,27-30H2,1-6H3/b51-33-,52-34-. The van der Waals surface area contributed by atoms with E-state index in [2.05, 4.69) is 64.1 Å². The molecule has 410 valence electrons. The number of rotatable bonds is 24. The molecule has 0 N–H and O–H groups in total. The van der Waals surface area contributed by atoms with Crippen molar-refractivity contribution in [2.45, 2.75) is 167 Å². The summed E-state index contributed by atoms with van der Waals surface area (Å²) in [5, 5.41) is 42.0. The molecule has 0 fully saturated rings. The van der Waals surface area contributed by atoms with Crippen molar-refractivity contribution in [2.75, 3.05) is 14.2 Å². The first-order chi connectivity index (χ1) is 38.9. The Morgan fingerprint density at radius 1 is 0.500 bits per heavy atom. The maximum Gasteiger partial charge on any atom is 0.194 e.